The van der Waals surface area contributed by atoms with E-state index in [2.05, 4.69) is 4.98 Å². The van der Waals surface area contributed by atoms with Crippen molar-refractivity contribution in [3.8, 4) is 5.69 Å². The number of aromatic nitrogens is 2. The number of H-pyrrole nitrogens is 1. The summed E-state index contributed by atoms with van der Waals surface area (Å²) in [6.07, 6.45) is 0. The van der Waals surface area contributed by atoms with Gasteiger partial charge in [-0.1, -0.05) is 17.7 Å². The molecule has 19 heavy (non-hydrogen) atoms. The van der Waals surface area contributed by atoms with Crippen LogP contribution in [0.5, 0.6) is 0 Å². The molecule has 1 heterocycles. The zero-order valence-corrected chi connectivity index (χ0v) is 11.6. The van der Waals surface area contributed by atoms with Crippen molar-refractivity contribution in [1.29, 1.82) is 0 Å². The predicted molar refractivity (Wildman–Crippen MR) is 78.2 cm³/mol. The van der Waals surface area contributed by atoms with E-state index >= 15 is 0 Å². The van der Waals surface area contributed by atoms with E-state index in [4.69, 9.17) is 23.8 Å². The number of hydrogen-bond acceptors (Lipinski definition) is 1. The minimum absolute atomic E-state index is 0.235. The van der Waals surface area contributed by atoms with E-state index < -0.39 is 0 Å². The summed E-state index contributed by atoms with van der Waals surface area (Å²) in [5, 5.41) is 0.604. The van der Waals surface area contributed by atoms with Crippen LogP contribution < -0.4 is 0 Å². The molecule has 1 N–H and O–H groups in total. The molecule has 96 valence electrons. The molecule has 1 aromatic heterocycles. The molecule has 0 atom stereocenters. The average Bonchev–Trinajstić information content (AvgIpc) is 2.70. The molecule has 0 saturated carbocycles. The molecule has 0 amide bonds. The van der Waals surface area contributed by atoms with Gasteiger partial charge in [-0.15, -0.1) is 0 Å². The summed E-state index contributed by atoms with van der Waals surface area (Å²) in [6.45, 7) is 1.72. The average molecular weight is 293 g/mol. The van der Waals surface area contributed by atoms with Crippen LogP contribution >= 0.6 is 23.8 Å². The molecule has 0 fully saturated rings. The molecule has 3 aromatic rings. The molecule has 0 aliphatic rings. The van der Waals surface area contributed by atoms with Crippen LogP contribution in [0.1, 0.15) is 5.56 Å². The van der Waals surface area contributed by atoms with Gasteiger partial charge in [-0.25, -0.2) is 4.39 Å². The number of fused-ring (bicyclic) bond motifs is 1. The lowest BCUT2D eigenvalue weighted by molar-refractivity contribution is 0.618. The molecule has 2 nitrogen and oxygen atoms in total. The molecule has 0 unspecified atom stereocenters. The largest absolute Gasteiger partial charge is 0.330 e. The van der Waals surface area contributed by atoms with Crippen LogP contribution in [0.4, 0.5) is 4.39 Å². The van der Waals surface area contributed by atoms with Crippen LogP contribution in [0.2, 0.25) is 5.02 Å². The highest BCUT2D eigenvalue weighted by atomic mass is 35.5. The van der Waals surface area contributed by atoms with Crippen molar-refractivity contribution in [2.75, 3.05) is 0 Å². The topological polar surface area (TPSA) is 20.7 Å². The third-order valence-corrected chi connectivity index (χ3v) is 3.64. The van der Waals surface area contributed by atoms with E-state index in [1.54, 1.807) is 25.1 Å². The summed E-state index contributed by atoms with van der Waals surface area (Å²) >= 11 is 11.6. The van der Waals surface area contributed by atoms with Crippen molar-refractivity contribution in [3.63, 3.8) is 0 Å². The van der Waals surface area contributed by atoms with Gasteiger partial charge in [0, 0.05) is 5.69 Å². The predicted octanol–water partition coefficient (Wildman–Crippen LogP) is 4.79. The highest BCUT2D eigenvalue weighted by Gasteiger charge is 2.10. The van der Waals surface area contributed by atoms with Gasteiger partial charge in [0.25, 0.3) is 0 Å². The Labute approximate surface area is 119 Å². The maximum atomic E-state index is 13.4. The quantitative estimate of drug-likeness (QED) is 0.640. The minimum atomic E-state index is -0.235. The summed E-state index contributed by atoms with van der Waals surface area (Å²) in [7, 11) is 0. The second-order valence-electron chi connectivity index (χ2n) is 4.34. The molecule has 0 aliphatic carbocycles. The Hall–Kier alpha value is -1.65. The normalized spacial score (nSPS) is 11.1. The second-order valence-corrected chi connectivity index (χ2v) is 5.13. The number of aryl methyl sites for hydroxylation is 1. The number of hydrogen-bond donors (Lipinski definition) is 1. The maximum Gasteiger partial charge on any atom is 0.182 e. The lowest BCUT2D eigenvalue weighted by atomic mass is 10.2. The molecule has 2 aromatic carbocycles. The summed E-state index contributed by atoms with van der Waals surface area (Å²) in [6, 6.07) is 10.4. The first kappa shape index (κ1) is 12.4. The Kier molecular flexibility index (Phi) is 2.92. The Morgan fingerprint density at radius 3 is 2.79 bits per heavy atom. The van der Waals surface area contributed by atoms with Crippen LogP contribution in [0.15, 0.2) is 36.4 Å². The molecule has 5 heteroatoms. The van der Waals surface area contributed by atoms with E-state index in [1.807, 2.05) is 16.7 Å². The number of nitrogens with zero attached hydrogens (tertiary/aromatic N) is 1. The van der Waals surface area contributed by atoms with Gasteiger partial charge in [0.05, 0.1) is 16.1 Å². The Balaban J connectivity index is 2.39. The van der Waals surface area contributed by atoms with Crippen molar-refractivity contribution in [2.45, 2.75) is 6.92 Å². The van der Waals surface area contributed by atoms with Gasteiger partial charge in [0.15, 0.2) is 4.77 Å². The van der Waals surface area contributed by atoms with E-state index in [-0.39, 0.29) is 5.82 Å². The van der Waals surface area contributed by atoms with Crippen LogP contribution in [-0.4, -0.2) is 9.55 Å². The first-order chi connectivity index (χ1) is 9.08. The van der Waals surface area contributed by atoms with Crippen molar-refractivity contribution in [1.82, 2.24) is 9.55 Å². The van der Waals surface area contributed by atoms with Gasteiger partial charge in [-0.05, 0) is 55.0 Å². The van der Waals surface area contributed by atoms with Gasteiger partial charge in [-0.3, -0.25) is 4.57 Å². The Morgan fingerprint density at radius 2 is 2.05 bits per heavy atom. The van der Waals surface area contributed by atoms with Crippen LogP contribution in [-0.2, 0) is 0 Å². The fourth-order valence-electron chi connectivity index (χ4n) is 2.13. The first-order valence-corrected chi connectivity index (χ1v) is 6.52. The number of imidazole rings is 1. The van der Waals surface area contributed by atoms with Crippen molar-refractivity contribution >= 4 is 34.9 Å². The molecule has 0 saturated heterocycles. The number of nitrogens with one attached hydrogen (secondary N) is 1. The lowest BCUT2D eigenvalue weighted by Crippen LogP contribution is -1.96. The van der Waals surface area contributed by atoms with Gasteiger partial charge in [-0.2, -0.15) is 0 Å². The smallest absolute Gasteiger partial charge is 0.182 e. The lowest BCUT2D eigenvalue weighted by Gasteiger charge is -2.07. The summed E-state index contributed by atoms with van der Waals surface area (Å²) in [5.74, 6) is -0.235. The highest BCUT2D eigenvalue weighted by molar-refractivity contribution is 7.71. The van der Waals surface area contributed by atoms with Crippen molar-refractivity contribution in [3.05, 3.63) is 57.6 Å². The third kappa shape index (κ3) is 1.97. The molecule has 0 aliphatic heterocycles. The summed E-state index contributed by atoms with van der Waals surface area (Å²) in [4.78, 5) is 3.10. The molecule has 3 rings (SSSR count). The van der Waals surface area contributed by atoms with Crippen LogP contribution in [0.25, 0.3) is 16.7 Å². The summed E-state index contributed by atoms with van der Waals surface area (Å²) in [5.41, 5.74) is 3.03. The van der Waals surface area contributed by atoms with Crippen LogP contribution in [0, 0.1) is 17.5 Å². The van der Waals surface area contributed by atoms with E-state index in [1.165, 1.54) is 6.07 Å². The van der Waals surface area contributed by atoms with Crippen molar-refractivity contribution in [2.24, 2.45) is 0 Å². The van der Waals surface area contributed by atoms with E-state index in [0.29, 0.717) is 15.4 Å². The fourth-order valence-corrected chi connectivity index (χ4v) is 2.70. The molecule has 0 radical (unpaired) electrons. The SMILES string of the molecule is Cc1cc(-n2c(=S)[nH]c3cccc(Cl)c32)ccc1F. The number of para-hydroxylation sites is 1. The molecular formula is C14H10ClFN2S. The molecule has 0 spiro atoms. The monoisotopic (exact) mass is 292 g/mol. The number of rotatable bonds is 1. The number of halogens is 2. The Bertz CT molecular complexity index is 835. The Morgan fingerprint density at radius 1 is 1.26 bits per heavy atom. The van der Waals surface area contributed by atoms with E-state index in [0.717, 1.165) is 16.7 Å². The first-order valence-electron chi connectivity index (χ1n) is 5.73. The fraction of sp³-hybridized carbons (Fsp3) is 0.0714. The molecule has 0 bridgehead atoms. The number of benzene rings is 2. The van der Waals surface area contributed by atoms with E-state index in [9.17, 15) is 4.39 Å². The van der Waals surface area contributed by atoms with Gasteiger partial charge >= 0.3 is 0 Å². The third-order valence-electron chi connectivity index (χ3n) is 3.05. The van der Waals surface area contributed by atoms with Gasteiger partial charge in [0.2, 0.25) is 0 Å². The van der Waals surface area contributed by atoms with Crippen LogP contribution in [0.3, 0.4) is 0 Å². The highest BCUT2D eigenvalue weighted by Crippen LogP contribution is 2.27. The minimum Gasteiger partial charge on any atom is -0.330 e. The maximum absolute atomic E-state index is 13.4. The second kappa shape index (κ2) is 4.47. The number of aromatic amines is 1. The molecular weight excluding hydrogens is 283 g/mol. The van der Waals surface area contributed by atoms with Gasteiger partial charge < -0.3 is 4.98 Å². The van der Waals surface area contributed by atoms with Crippen molar-refractivity contribution < 1.29 is 4.39 Å². The zero-order chi connectivity index (χ0) is 13.6. The summed E-state index contributed by atoms with van der Waals surface area (Å²) < 4.78 is 15.7. The zero-order valence-electron chi connectivity index (χ0n) is 10.1. The standard InChI is InChI=1S/C14H10ClFN2S/c1-8-7-9(5-6-11(8)16)18-13-10(15)3-2-4-12(13)17-14(18)19/h2-7H,1H3,(H,17,19). The van der Waals surface area contributed by atoms with Gasteiger partial charge in [0.1, 0.15) is 5.82 Å².